The third kappa shape index (κ3) is 4.20. The molecule has 3 heterocycles. The number of rotatable bonds is 5. The Morgan fingerprint density at radius 3 is 2.51 bits per heavy atom. The van der Waals surface area contributed by atoms with Crippen LogP contribution in [0.4, 0.5) is 20.3 Å². The molecule has 2 aliphatic rings. The van der Waals surface area contributed by atoms with Crippen molar-refractivity contribution >= 4 is 23.3 Å². The highest BCUT2D eigenvalue weighted by Crippen LogP contribution is 2.52. The first-order valence-electron chi connectivity index (χ1n) is 10.8. The maximum absolute atomic E-state index is 13.4. The SMILES string of the molecule is CC(=O)Nc1cc(-c2nc(NC(=O)C3(c4ccc5c(c4)OC(F)(F)O5)CC3)ccc2C)c[nH]c1=O. The van der Waals surface area contributed by atoms with Gasteiger partial charge in [0.1, 0.15) is 11.5 Å². The highest BCUT2D eigenvalue weighted by molar-refractivity contribution is 6.01. The molecule has 1 saturated carbocycles. The highest BCUT2D eigenvalue weighted by Gasteiger charge is 2.53. The van der Waals surface area contributed by atoms with Crippen LogP contribution in [0.15, 0.2) is 47.4 Å². The lowest BCUT2D eigenvalue weighted by molar-refractivity contribution is -0.286. The van der Waals surface area contributed by atoms with Gasteiger partial charge in [0.15, 0.2) is 11.5 Å². The van der Waals surface area contributed by atoms with Crippen LogP contribution in [0.2, 0.25) is 0 Å². The first-order chi connectivity index (χ1) is 16.6. The Bertz CT molecular complexity index is 1430. The topological polar surface area (TPSA) is 122 Å². The van der Waals surface area contributed by atoms with Crippen molar-refractivity contribution in [1.29, 1.82) is 0 Å². The first kappa shape index (κ1) is 22.5. The number of nitrogens with one attached hydrogen (secondary N) is 3. The van der Waals surface area contributed by atoms with E-state index in [1.165, 1.54) is 31.3 Å². The van der Waals surface area contributed by atoms with Gasteiger partial charge in [0, 0.05) is 18.7 Å². The van der Waals surface area contributed by atoms with Crippen molar-refractivity contribution in [3.63, 3.8) is 0 Å². The van der Waals surface area contributed by atoms with Gasteiger partial charge in [0.2, 0.25) is 11.8 Å². The Kier molecular flexibility index (Phi) is 5.08. The first-order valence-corrected chi connectivity index (χ1v) is 10.8. The van der Waals surface area contributed by atoms with E-state index in [2.05, 4.69) is 30.1 Å². The maximum atomic E-state index is 13.4. The number of carbonyl (C=O) groups excluding carboxylic acids is 2. The number of carbonyl (C=O) groups is 2. The average Bonchev–Trinajstić information content (AvgIpc) is 3.53. The van der Waals surface area contributed by atoms with Crippen molar-refractivity contribution in [2.24, 2.45) is 0 Å². The van der Waals surface area contributed by atoms with Gasteiger partial charge < -0.3 is 25.1 Å². The number of nitrogens with zero attached hydrogens (tertiary/aromatic N) is 1. The normalized spacial score (nSPS) is 16.5. The Morgan fingerprint density at radius 2 is 1.80 bits per heavy atom. The summed E-state index contributed by atoms with van der Waals surface area (Å²) in [5.74, 6) is -0.637. The van der Waals surface area contributed by atoms with E-state index in [0.717, 1.165) is 5.56 Å². The number of hydrogen-bond donors (Lipinski definition) is 3. The van der Waals surface area contributed by atoms with Crippen molar-refractivity contribution in [3.05, 3.63) is 64.1 Å². The second kappa shape index (κ2) is 7.90. The number of halogens is 2. The van der Waals surface area contributed by atoms with Crippen molar-refractivity contribution in [1.82, 2.24) is 9.97 Å². The van der Waals surface area contributed by atoms with Crippen LogP contribution in [0.5, 0.6) is 11.5 Å². The van der Waals surface area contributed by atoms with Gasteiger partial charge in [0.05, 0.1) is 11.1 Å². The summed E-state index contributed by atoms with van der Waals surface area (Å²) >= 11 is 0. The van der Waals surface area contributed by atoms with Gasteiger partial charge in [-0.25, -0.2) is 4.98 Å². The lowest BCUT2D eigenvalue weighted by Crippen LogP contribution is -2.28. The predicted molar refractivity (Wildman–Crippen MR) is 122 cm³/mol. The number of aryl methyl sites for hydroxylation is 1. The van der Waals surface area contributed by atoms with Gasteiger partial charge in [-0.2, -0.15) is 0 Å². The molecule has 5 rings (SSSR count). The minimum Gasteiger partial charge on any atom is -0.395 e. The molecule has 0 radical (unpaired) electrons. The smallest absolute Gasteiger partial charge is 0.395 e. The summed E-state index contributed by atoms with van der Waals surface area (Å²) in [6.45, 7) is 3.12. The molecule has 2 aromatic heterocycles. The zero-order valence-electron chi connectivity index (χ0n) is 18.7. The zero-order chi connectivity index (χ0) is 25.0. The number of H-pyrrole nitrogens is 1. The fourth-order valence-corrected chi connectivity index (χ4v) is 4.05. The molecule has 1 fully saturated rings. The van der Waals surface area contributed by atoms with Crippen molar-refractivity contribution < 1.29 is 27.8 Å². The molecule has 0 unspecified atom stereocenters. The van der Waals surface area contributed by atoms with Crippen LogP contribution in [0.25, 0.3) is 11.3 Å². The van der Waals surface area contributed by atoms with Crippen molar-refractivity contribution in [2.75, 3.05) is 10.6 Å². The van der Waals surface area contributed by atoms with Gasteiger partial charge in [-0.3, -0.25) is 14.4 Å². The number of anilines is 2. The van der Waals surface area contributed by atoms with Gasteiger partial charge in [-0.05, 0) is 55.2 Å². The summed E-state index contributed by atoms with van der Waals surface area (Å²) < 4.78 is 35.7. The number of aromatic amines is 1. The zero-order valence-corrected chi connectivity index (χ0v) is 18.7. The second-order valence-corrected chi connectivity index (χ2v) is 8.54. The van der Waals surface area contributed by atoms with Crippen LogP contribution in [0.3, 0.4) is 0 Å². The molecule has 1 aliphatic carbocycles. The molecule has 180 valence electrons. The highest BCUT2D eigenvalue weighted by atomic mass is 19.3. The molecule has 35 heavy (non-hydrogen) atoms. The molecule has 1 aromatic carbocycles. The third-order valence-corrected chi connectivity index (χ3v) is 5.96. The molecule has 11 heteroatoms. The van der Waals surface area contributed by atoms with E-state index >= 15 is 0 Å². The van der Waals surface area contributed by atoms with Gasteiger partial charge in [0.25, 0.3) is 5.56 Å². The van der Waals surface area contributed by atoms with E-state index in [-0.39, 0.29) is 34.8 Å². The second-order valence-electron chi connectivity index (χ2n) is 8.54. The third-order valence-electron chi connectivity index (χ3n) is 5.96. The number of ether oxygens (including phenoxy) is 2. The summed E-state index contributed by atoms with van der Waals surface area (Å²) in [7, 11) is 0. The summed E-state index contributed by atoms with van der Waals surface area (Å²) in [5.41, 5.74) is 1.10. The average molecular weight is 482 g/mol. The Labute approximate surface area is 197 Å². The Hall–Kier alpha value is -4.28. The molecule has 0 atom stereocenters. The molecule has 3 N–H and O–H groups in total. The number of amides is 2. The largest absolute Gasteiger partial charge is 0.586 e. The van der Waals surface area contributed by atoms with E-state index in [4.69, 9.17) is 0 Å². The molecular weight excluding hydrogens is 462 g/mol. The van der Waals surface area contributed by atoms with Crippen LogP contribution in [0, 0.1) is 6.92 Å². The summed E-state index contributed by atoms with van der Waals surface area (Å²) in [4.78, 5) is 43.7. The lowest BCUT2D eigenvalue weighted by Gasteiger charge is -2.17. The minimum absolute atomic E-state index is 0.0796. The number of fused-ring (bicyclic) bond motifs is 1. The van der Waals surface area contributed by atoms with E-state index in [0.29, 0.717) is 29.7 Å². The molecule has 9 nitrogen and oxygen atoms in total. The van der Waals surface area contributed by atoms with Gasteiger partial charge >= 0.3 is 6.29 Å². The number of benzene rings is 1. The monoisotopic (exact) mass is 482 g/mol. The number of aromatic nitrogens is 2. The predicted octanol–water partition coefficient (Wildman–Crippen LogP) is 3.70. The Morgan fingerprint density at radius 1 is 1.06 bits per heavy atom. The van der Waals surface area contributed by atoms with Crippen LogP contribution >= 0.6 is 0 Å². The van der Waals surface area contributed by atoms with Crippen LogP contribution in [0.1, 0.15) is 30.9 Å². The van der Waals surface area contributed by atoms with Gasteiger partial charge in [-0.1, -0.05) is 12.1 Å². The fourth-order valence-electron chi connectivity index (χ4n) is 4.05. The van der Waals surface area contributed by atoms with Gasteiger partial charge in [-0.15, -0.1) is 8.78 Å². The Balaban J connectivity index is 1.40. The summed E-state index contributed by atoms with van der Waals surface area (Å²) in [5, 5.41) is 5.28. The molecule has 1 aliphatic heterocycles. The number of pyridine rings is 2. The molecule has 0 saturated heterocycles. The number of alkyl halides is 2. The van der Waals surface area contributed by atoms with Crippen LogP contribution < -0.4 is 25.7 Å². The molecule has 3 aromatic rings. The summed E-state index contributed by atoms with van der Waals surface area (Å²) in [6.07, 6.45) is -1.19. The summed E-state index contributed by atoms with van der Waals surface area (Å²) in [6, 6.07) is 9.27. The van der Waals surface area contributed by atoms with E-state index < -0.39 is 17.3 Å². The van der Waals surface area contributed by atoms with E-state index in [9.17, 15) is 23.2 Å². The van der Waals surface area contributed by atoms with E-state index in [1.807, 2.05) is 6.92 Å². The van der Waals surface area contributed by atoms with E-state index in [1.54, 1.807) is 18.2 Å². The van der Waals surface area contributed by atoms with Crippen LogP contribution in [-0.4, -0.2) is 28.1 Å². The minimum atomic E-state index is -3.73. The quantitative estimate of drug-likeness (QED) is 0.510. The standard InChI is InChI=1S/C24H20F2N4O5/c1-12-3-6-19(29-20(12)14-9-16(28-13(2)31)21(32)27-11-14)30-22(33)23(7-8-23)15-4-5-17-18(10-15)35-24(25,26)34-17/h3-6,9-11H,7-8H2,1-2H3,(H,27,32)(H,28,31)(H,29,30,33). The van der Waals surface area contributed by atoms with Crippen molar-refractivity contribution in [2.45, 2.75) is 38.4 Å². The molecule has 2 amide bonds. The molecule has 0 spiro atoms. The number of hydrogen-bond acceptors (Lipinski definition) is 6. The maximum Gasteiger partial charge on any atom is 0.586 e. The molecular formula is C24H20F2N4O5. The fraction of sp³-hybridized carbons (Fsp3) is 0.250. The van der Waals surface area contributed by atoms with Crippen LogP contribution in [-0.2, 0) is 15.0 Å². The molecule has 0 bridgehead atoms. The lowest BCUT2D eigenvalue weighted by atomic mass is 9.94. The van der Waals surface area contributed by atoms with Crippen molar-refractivity contribution in [3.8, 4) is 22.8 Å².